The minimum atomic E-state index is -0.401. The number of rotatable bonds is 3. The maximum atomic E-state index is 13.3. The molecule has 3 aromatic rings. The van der Waals surface area contributed by atoms with Crippen molar-refractivity contribution in [1.29, 1.82) is 0 Å². The maximum Gasteiger partial charge on any atom is 0.254 e. The first-order valence-electron chi connectivity index (χ1n) is 9.15. The van der Waals surface area contributed by atoms with Crippen LogP contribution in [0.2, 0.25) is 0 Å². The number of carbonyl (C=O) groups excluding carboxylic acids is 1. The van der Waals surface area contributed by atoms with Gasteiger partial charge in [-0.3, -0.25) is 9.59 Å². The lowest BCUT2D eigenvalue weighted by molar-refractivity contribution is -0.133. The molecule has 1 aliphatic heterocycles. The molecule has 7 nitrogen and oxygen atoms in total. The SMILES string of the molecule is Cc1cc(O)cc(=O)n1CC(=O)N1CCC(c2noc3cc(F)ccc23)CC1. The second-order valence-electron chi connectivity index (χ2n) is 7.14. The molecule has 146 valence electrons. The van der Waals surface area contributed by atoms with Crippen molar-refractivity contribution < 1.29 is 18.8 Å². The number of nitrogens with zero attached hydrogens (tertiary/aromatic N) is 3. The Morgan fingerprint density at radius 3 is 2.75 bits per heavy atom. The summed E-state index contributed by atoms with van der Waals surface area (Å²) < 4.78 is 19.9. The van der Waals surface area contributed by atoms with Gasteiger partial charge >= 0.3 is 0 Å². The van der Waals surface area contributed by atoms with Gasteiger partial charge in [0.15, 0.2) is 5.58 Å². The smallest absolute Gasteiger partial charge is 0.254 e. The van der Waals surface area contributed by atoms with Crippen LogP contribution in [0.4, 0.5) is 4.39 Å². The number of hydrogen-bond acceptors (Lipinski definition) is 5. The third-order valence-corrected chi connectivity index (χ3v) is 5.31. The molecule has 0 unspecified atom stereocenters. The highest BCUT2D eigenvalue weighted by molar-refractivity contribution is 5.80. The van der Waals surface area contributed by atoms with Crippen LogP contribution < -0.4 is 5.56 Å². The number of carbonyl (C=O) groups is 1. The van der Waals surface area contributed by atoms with Gasteiger partial charge in [0.25, 0.3) is 5.56 Å². The lowest BCUT2D eigenvalue weighted by Gasteiger charge is -2.31. The molecule has 0 radical (unpaired) electrons. The Labute approximate surface area is 160 Å². The van der Waals surface area contributed by atoms with Crippen LogP contribution in [0.5, 0.6) is 5.75 Å². The Hall–Kier alpha value is -3.16. The number of aromatic nitrogens is 2. The van der Waals surface area contributed by atoms with Gasteiger partial charge in [0.1, 0.15) is 18.1 Å². The molecule has 0 aliphatic carbocycles. The van der Waals surface area contributed by atoms with Crippen molar-refractivity contribution in [3.63, 3.8) is 0 Å². The first kappa shape index (κ1) is 18.2. The first-order valence-corrected chi connectivity index (χ1v) is 9.15. The minimum absolute atomic E-state index is 0.0538. The van der Waals surface area contributed by atoms with E-state index in [1.54, 1.807) is 17.9 Å². The largest absolute Gasteiger partial charge is 0.508 e. The second-order valence-corrected chi connectivity index (χ2v) is 7.14. The van der Waals surface area contributed by atoms with Crippen molar-refractivity contribution in [2.75, 3.05) is 13.1 Å². The van der Waals surface area contributed by atoms with Crippen LogP contribution in [0.1, 0.15) is 30.1 Å². The fraction of sp³-hybridized carbons (Fsp3) is 0.350. The molecule has 2 aromatic heterocycles. The van der Waals surface area contributed by atoms with Gasteiger partial charge < -0.3 is 19.1 Å². The molecule has 1 fully saturated rings. The van der Waals surface area contributed by atoms with E-state index in [9.17, 15) is 19.1 Å². The molecule has 1 saturated heterocycles. The van der Waals surface area contributed by atoms with Crippen LogP contribution in [0.25, 0.3) is 11.0 Å². The molecule has 8 heteroatoms. The molecule has 0 bridgehead atoms. The van der Waals surface area contributed by atoms with Gasteiger partial charge in [-0.05, 0) is 38.0 Å². The molecule has 28 heavy (non-hydrogen) atoms. The Morgan fingerprint density at radius 2 is 2.04 bits per heavy atom. The van der Waals surface area contributed by atoms with Gasteiger partial charge in [0.05, 0.1) is 5.69 Å². The fourth-order valence-electron chi connectivity index (χ4n) is 3.78. The molecule has 1 aromatic carbocycles. The predicted octanol–water partition coefficient (Wildman–Crippen LogP) is 2.55. The average molecular weight is 385 g/mol. The van der Waals surface area contributed by atoms with E-state index in [-0.39, 0.29) is 29.9 Å². The molecule has 0 saturated carbocycles. The summed E-state index contributed by atoms with van der Waals surface area (Å²) in [7, 11) is 0. The zero-order valence-corrected chi connectivity index (χ0v) is 15.4. The number of amides is 1. The zero-order valence-electron chi connectivity index (χ0n) is 15.4. The number of halogens is 1. The van der Waals surface area contributed by atoms with E-state index in [1.165, 1.54) is 22.8 Å². The third-order valence-electron chi connectivity index (χ3n) is 5.31. The standard InChI is InChI=1S/C20H20FN3O4/c1-12-8-15(25)10-18(26)24(12)11-19(27)23-6-4-13(5-7-23)20-16-3-2-14(21)9-17(16)28-22-20/h2-3,8-10,13,25H,4-7,11H2,1H3. The molecule has 4 rings (SSSR count). The van der Waals surface area contributed by atoms with Gasteiger partial charge in [0.2, 0.25) is 5.91 Å². The van der Waals surface area contributed by atoms with E-state index in [1.807, 2.05) is 0 Å². The fourth-order valence-corrected chi connectivity index (χ4v) is 3.78. The number of pyridine rings is 1. The number of aryl methyl sites for hydroxylation is 1. The van der Waals surface area contributed by atoms with Crippen molar-refractivity contribution in [3.8, 4) is 5.75 Å². The average Bonchev–Trinajstić information content (AvgIpc) is 3.07. The lowest BCUT2D eigenvalue weighted by Crippen LogP contribution is -2.41. The van der Waals surface area contributed by atoms with E-state index >= 15 is 0 Å². The monoisotopic (exact) mass is 385 g/mol. The van der Waals surface area contributed by atoms with E-state index in [0.29, 0.717) is 37.2 Å². The van der Waals surface area contributed by atoms with Gasteiger partial charge in [-0.1, -0.05) is 5.16 Å². The summed E-state index contributed by atoms with van der Waals surface area (Å²) >= 11 is 0. The van der Waals surface area contributed by atoms with Crippen LogP contribution >= 0.6 is 0 Å². The Balaban J connectivity index is 1.44. The predicted molar refractivity (Wildman–Crippen MR) is 99.6 cm³/mol. The molecular formula is C20H20FN3O4. The molecule has 1 amide bonds. The van der Waals surface area contributed by atoms with E-state index in [0.717, 1.165) is 17.1 Å². The normalized spacial score (nSPS) is 15.3. The summed E-state index contributed by atoms with van der Waals surface area (Å²) in [5.74, 6) is -0.475. The molecule has 1 aliphatic rings. The van der Waals surface area contributed by atoms with Gasteiger partial charge in [-0.25, -0.2) is 4.39 Å². The first-order chi connectivity index (χ1) is 13.4. The van der Waals surface area contributed by atoms with Crippen molar-refractivity contribution >= 4 is 16.9 Å². The van der Waals surface area contributed by atoms with E-state index < -0.39 is 5.56 Å². The van der Waals surface area contributed by atoms with Crippen LogP contribution in [-0.4, -0.2) is 38.7 Å². The highest BCUT2D eigenvalue weighted by Crippen LogP contribution is 2.32. The van der Waals surface area contributed by atoms with Crippen LogP contribution in [-0.2, 0) is 11.3 Å². The van der Waals surface area contributed by atoms with E-state index in [4.69, 9.17) is 4.52 Å². The number of piperidine rings is 1. The van der Waals surface area contributed by atoms with Gasteiger partial charge in [0, 0.05) is 42.2 Å². The summed E-state index contributed by atoms with van der Waals surface area (Å²) in [5, 5.41) is 14.4. The molecule has 0 spiro atoms. The van der Waals surface area contributed by atoms with Gasteiger partial charge in [-0.15, -0.1) is 0 Å². The topological polar surface area (TPSA) is 88.6 Å². The molecular weight excluding hydrogens is 365 g/mol. The maximum absolute atomic E-state index is 13.3. The molecule has 1 N–H and O–H groups in total. The molecule has 0 atom stereocenters. The van der Waals surface area contributed by atoms with Crippen molar-refractivity contribution in [2.24, 2.45) is 0 Å². The quantitative estimate of drug-likeness (QED) is 0.749. The summed E-state index contributed by atoms with van der Waals surface area (Å²) in [6.07, 6.45) is 1.43. The Kier molecular flexibility index (Phi) is 4.62. The van der Waals surface area contributed by atoms with Crippen molar-refractivity contribution in [2.45, 2.75) is 32.2 Å². The third kappa shape index (κ3) is 3.37. The summed E-state index contributed by atoms with van der Waals surface area (Å²) in [4.78, 5) is 26.4. The summed E-state index contributed by atoms with van der Waals surface area (Å²) in [5.41, 5.74) is 1.36. The van der Waals surface area contributed by atoms with Crippen molar-refractivity contribution in [1.82, 2.24) is 14.6 Å². The number of likely N-dealkylation sites (tertiary alicyclic amines) is 1. The summed E-state index contributed by atoms with van der Waals surface area (Å²) in [6, 6.07) is 6.94. The zero-order chi connectivity index (χ0) is 19.8. The van der Waals surface area contributed by atoms with Crippen LogP contribution in [0, 0.1) is 12.7 Å². The van der Waals surface area contributed by atoms with Crippen molar-refractivity contribution in [3.05, 3.63) is 57.9 Å². The van der Waals surface area contributed by atoms with E-state index in [2.05, 4.69) is 5.16 Å². The Bertz CT molecular complexity index is 1100. The number of hydrogen-bond donors (Lipinski definition) is 1. The van der Waals surface area contributed by atoms with Gasteiger partial charge in [-0.2, -0.15) is 0 Å². The Morgan fingerprint density at radius 1 is 1.29 bits per heavy atom. The van der Waals surface area contributed by atoms with Crippen LogP contribution in [0.3, 0.4) is 0 Å². The van der Waals surface area contributed by atoms with Crippen LogP contribution in [0.15, 0.2) is 39.6 Å². The minimum Gasteiger partial charge on any atom is -0.508 e. The number of benzene rings is 1. The molecule has 3 heterocycles. The number of aromatic hydroxyl groups is 1. The second kappa shape index (κ2) is 7.10. The summed E-state index contributed by atoms with van der Waals surface area (Å²) in [6.45, 7) is 2.72. The number of fused-ring (bicyclic) bond motifs is 1. The lowest BCUT2D eigenvalue weighted by atomic mass is 9.91. The highest BCUT2D eigenvalue weighted by atomic mass is 19.1. The highest BCUT2D eigenvalue weighted by Gasteiger charge is 2.27.